The summed E-state index contributed by atoms with van der Waals surface area (Å²) in [6.45, 7) is -3.51. The molecule has 0 aromatic heterocycles. The molecule has 2 rings (SSSR count). The second kappa shape index (κ2) is 7.78. The van der Waals surface area contributed by atoms with Gasteiger partial charge in [0, 0.05) is 5.56 Å². The third-order valence-corrected chi connectivity index (χ3v) is 2.92. The van der Waals surface area contributed by atoms with Crippen LogP contribution in [-0.4, -0.2) is 6.98 Å². The van der Waals surface area contributed by atoms with Gasteiger partial charge in [-0.3, -0.25) is 0 Å². The molecular weight excluding hydrogens is 310 g/mol. The van der Waals surface area contributed by atoms with Gasteiger partial charge < -0.3 is 17.7 Å². The van der Waals surface area contributed by atoms with Crippen LogP contribution in [0.15, 0.2) is 42.5 Å². The molecule has 1 nitrogen and oxygen atoms in total. The largest absolute Gasteiger partial charge is 1.00 e. The van der Waals surface area contributed by atoms with Crippen molar-refractivity contribution < 1.29 is 73.5 Å². The number of hydrogen-bond acceptors (Lipinski definition) is 1. The van der Waals surface area contributed by atoms with Crippen LogP contribution in [0.3, 0.4) is 0 Å². The maximum atomic E-state index is 13.4. The molecule has 7 heteroatoms. The molecule has 0 unspecified atom stereocenters. The van der Waals surface area contributed by atoms with Crippen molar-refractivity contribution in [3.8, 4) is 5.75 Å². The van der Waals surface area contributed by atoms with Crippen LogP contribution in [0.2, 0.25) is 0 Å². The van der Waals surface area contributed by atoms with Crippen LogP contribution in [0.1, 0.15) is 11.1 Å². The molecular formula is C14H12BF4KO. The summed E-state index contributed by atoms with van der Waals surface area (Å²) in [5, 5.41) is 0. The van der Waals surface area contributed by atoms with E-state index in [2.05, 4.69) is 0 Å². The summed E-state index contributed by atoms with van der Waals surface area (Å²) in [7, 11) is 0. The molecule has 0 fully saturated rings. The smallest absolute Gasteiger partial charge is 0.489 e. The van der Waals surface area contributed by atoms with Crippen molar-refractivity contribution in [2.75, 3.05) is 0 Å². The topological polar surface area (TPSA) is 9.23 Å². The molecule has 106 valence electrons. The Morgan fingerprint density at radius 1 is 1.05 bits per heavy atom. The minimum absolute atomic E-state index is 0. The Hall–Kier alpha value is -0.339. The maximum Gasteiger partial charge on any atom is 1.00 e. The molecule has 0 aliphatic heterocycles. The van der Waals surface area contributed by atoms with E-state index in [-0.39, 0.29) is 58.0 Å². The number of aryl methyl sites for hydroxylation is 1. The van der Waals surface area contributed by atoms with E-state index in [0.29, 0.717) is 16.9 Å². The van der Waals surface area contributed by atoms with Gasteiger partial charge in [-0.2, -0.15) is 0 Å². The average Bonchev–Trinajstić information content (AvgIpc) is 2.38. The van der Waals surface area contributed by atoms with Crippen LogP contribution >= 0.6 is 0 Å². The maximum absolute atomic E-state index is 13.4. The summed E-state index contributed by atoms with van der Waals surface area (Å²) in [5.41, 5.74) is 0.0646. The van der Waals surface area contributed by atoms with Crippen LogP contribution in [0.5, 0.6) is 5.75 Å². The normalized spacial score (nSPS) is 10.9. The van der Waals surface area contributed by atoms with Crippen LogP contribution < -0.4 is 61.6 Å². The van der Waals surface area contributed by atoms with E-state index < -0.39 is 18.3 Å². The van der Waals surface area contributed by atoms with E-state index in [1.165, 1.54) is 19.1 Å². The number of ether oxygens (including phenoxy) is 1. The molecule has 0 atom stereocenters. The molecule has 0 heterocycles. The fourth-order valence-corrected chi connectivity index (χ4v) is 1.81. The zero-order valence-electron chi connectivity index (χ0n) is 11.7. The van der Waals surface area contributed by atoms with E-state index in [0.717, 1.165) is 12.1 Å². The average molecular weight is 322 g/mol. The predicted molar refractivity (Wildman–Crippen MR) is 70.6 cm³/mol. The first-order valence-electron chi connectivity index (χ1n) is 6.04. The Morgan fingerprint density at radius 3 is 2.29 bits per heavy atom. The summed E-state index contributed by atoms with van der Waals surface area (Å²) >= 11 is 0. The van der Waals surface area contributed by atoms with Gasteiger partial charge in [-0.1, -0.05) is 30.3 Å². The molecule has 0 amide bonds. The van der Waals surface area contributed by atoms with Gasteiger partial charge in [0.25, 0.3) is 0 Å². The Bertz CT molecular complexity index is 616. The van der Waals surface area contributed by atoms with Crippen molar-refractivity contribution in [3.05, 3.63) is 59.4 Å². The zero-order valence-corrected chi connectivity index (χ0v) is 14.9. The Morgan fingerprint density at radius 2 is 1.71 bits per heavy atom. The van der Waals surface area contributed by atoms with E-state index >= 15 is 0 Å². The molecule has 21 heavy (non-hydrogen) atoms. The van der Waals surface area contributed by atoms with Crippen LogP contribution in [-0.2, 0) is 6.61 Å². The second-order valence-electron chi connectivity index (χ2n) is 4.48. The van der Waals surface area contributed by atoms with Crippen molar-refractivity contribution in [3.63, 3.8) is 0 Å². The van der Waals surface area contributed by atoms with Gasteiger partial charge in [-0.25, -0.2) is 4.39 Å². The van der Waals surface area contributed by atoms with Crippen molar-refractivity contribution in [2.24, 2.45) is 0 Å². The standard InChI is InChI=1S/C14H12BF4O.K/c1-10-8-12(15(17,18)19)6-7-14(10)20-9-11-4-2-3-5-13(11)16;/h2-8H,9H2,1H3;/q-1;+1. The summed E-state index contributed by atoms with van der Waals surface area (Å²) in [5.74, 6) is -0.0857. The third kappa shape index (κ3) is 5.10. The summed E-state index contributed by atoms with van der Waals surface area (Å²) in [4.78, 5) is 0. The number of rotatable bonds is 4. The first kappa shape index (κ1) is 18.7. The van der Waals surface area contributed by atoms with Gasteiger partial charge in [-0.05, 0) is 24.6 Å². The van der Waals surface area contributed by atoms with Gasteiger partial charge in [0.1, 0.15) is 18.2 Å². The number of benzene rings is 2. The summed E-state index contributed by atoms with van der Waals surface area (Å²) in [6.07, 6.45) is 0. The fourth-order valence-electron chi connectivity index (χ4n) is 1.81. The first-order chi connectivity index (χ1) is 9.38. The van der Waals surface area contributed by atoms with Crippen LogP contribution in [0.25, 0.3) is 0 Å². The molecule has 0 bridgehead atoms. The Labute approximate surface area is 163 Å². The summed E-state index contributed by atoms with van der Waals surface area (Å²) in [6, 6.07) is 9.38. The minimum atomic E-state index is -5.02. The monoisotopic (exact) mass is 322 g/mol. The second-order valence-corrected chi connectivity index (χ2v) is 4.48. The third-order valence-electron chi connectivity index (χ3n) is 2.92. The number of hydrogen-bond donors (Lipinski definition) is 0. The predicted octanol–water partition coefficient (Wildman–Crippen LogP) is 0.772. The molecule has 0 aliphatic rings. The van der Waals surface area contributed by atoms with Crippen LogP contribution in [0.4, 0.5) is 17.3 Å². The van der Waals surface area contributed by atoms with E-state index in [9.17, 15) is 17.3 Å². The van der Waals surface area contributed by atoms with Gasteiger partial charge in [-0.15, -0.1) is 5.46 Å². The van der Waals surface area contributed by atoms with Gasteiger partial charge >= 0.3 is 58.4 Å². The SMILES string of the molecule is Cc1cc([B-](F)(F)F)ccc1OCc1ccccc1F.[K+]. The first-order valence-corrected chi connectivity index (χ1v) is 6.04. The molecule has 0 N–H and O–H groups in total. The molecule has 0 aliphatic carbocycles. The Kier molecular flexibility index (Phi) is 6.93. The molecule has 0 saturated heterocycles. The Balaban J connectivity index is 0.00000220. The molecule has 0 saturated carbocycles. The van der Waals surface area contributed by atoms with Crippen molar-refractivity contribution >= 4 is 12.4 Å². The minimum Gasteiger partial charge on any atom is -0.489 e. The van der Waals surface area contributed by atoms with Gasteiger partial charge in [0.2, 0.25) is 0 Å². The van der Waals surface area contributed by atoms with Crippen molar-refractivity contribution in [1.29, 1.82) is 0 Å². The van der Waals surface area contributed by atoms with E-state index in [1.807, 2.05) is 0 Å². The molecule has 2 aromatic carbocycles. The van der Waals surface area contributed by atoms with E-state index in [4.69, 9.17) is 4.74 Å². The van der Waals surface area contributed by atoms with Crippen LogP contribution in [0, 0.1) is 12.7 Å². The quantitative estimate of drug-likeness (QED) is 0.597. The molecule has 2 aromatic rings. The summed E-state index contributed by atoms with van der Waals surface area (Å²) < 4.78 is 56.5. The van der Waals surface area contributed by atoms with Gasteiger partial charge in [0.15, 0.2) is 0 Å². The van der Waals surface area contributed by atoms with Crippen molar-refractivity contribution in [2.45, 2.75) is 13.5 Å². The molecule has 0 spiro atoms. The fraction of sp³-hybridized carbons (Fsp3) is 0.143. The molecule has 0 radical (unpaired) electrons. The van der Waals surface area contributed by atoms with Gasteiger partial charge in [0.05, 0.1) is 0 Å². The zero-order chi connectivity index (χ0) is 14.8. The number of halogens is 4. The van der Waals surface area contributed by atoms with Crippen molar-refractivity contribution in [1.82, 2.24) is 0 Å². The van der Waals surface area contributed by atoms with E-state index in [1.54, 1.807) is 18.2 Å².